The van der Waals surface area contributed by atoms with Gasteiger partial charge in [0.1, 0.15) is 0 Å². The molecule has 0 amide bonds. The van der Waals surface area contributed by atoms with Crippen molar-refractivity contribution in [2.75, 3.05) is 11.4 Å². The summed E-state index contributed by atoms with van der Waals surface area (Å²) in [5, 5.41) is 0.665. The summed E-state index contributed by atoms with van der Waals surface area (Å²) in [4.78, 5) is 10.7. The molecule has 0 aliphatic carbocycles. The number of halogens is 1. The molecule has 0 saturated heterocycles. The predicted molar refractivity (Wildman–Crippen MR) is 85.8 cm³/mol. The third kappa shape index (κ3) is 2.38. The lowest BCUT2D eigenvalue weighted by atomic mass is 10.1. The first-order valence-electron chi connectivity index (χ1n) is 6.95. The highest BCUT2D eigenvalue weighted by Gasteiger charge is 2.32. The van der Waals surface area contributed by atoms with Gasteiger partial charge in [-0.2, -0.15) is 0 Å². The van der Waals surface area contributed by atoms with E-state index in [1.807, 2.05) is 41.7 Å². The Morgan fingerprint density at radius 3 is 2.81 bits per heavy atom. The molecule has 3 rings (SSSR count). The average molecular weight is 304 g/mol. The fourth-order valence-electron chi connectivity index (χ4n) is 2.67. The Labute approximate surface area is 129 Å². The largest absolute Gasteiger partial charge is 0.369 e. The molecule has 5 nitrogen and oxygen atoms in total. The first-order valence-corrected chi connectivity index (χ1v) is 7.32. The van der Waals surface area contributed by atoms with Gasteiger partial charge in [0, 0.05) is 6.04 Å². The first-order chi connectivity index (χ1) is 10.1. The fraction of sp³-hybridized carbons (Fsp3) is 0.333. The molecule has 0 saturated carbocycles. The highest BCUT2D eigenvalue weighted by molar-refractivity contribution is 6.33. The molecule has 2 heterocycles. The highest BCUT2D eigenvalue weighted by atomic mass is 35.5. The van der Waals surface area contributed by atoms with E-state index in [9.17, 15) is 0 Å². The molecule has 1 aromatic heterocycles. The summed E-state index contributed by atoms with van der Waals surface area (Å²) in [6.45, 7) is 4.86. The zero-order valence-corrected chi connectivity index (χ0v) is 12.8. The Kier molecular flexibility index (Phi) is 3.59. The van der Waals surface area contributed by atoms with Crippen LogP contribution in [0.5, 0.6) is 0 Å². The second kappa shape index (κ2) is 5.41. The maximum Gasteiger partial charge on any atom is 0.196 e. The van der Waals surface area contributed by atoms with Gasteiger partial charge >= 0.3 is 0 Å². The smallest absolute Gasteiger partial charge is 0.196 e. The highest BCUT2D eigenvalue weighted by Crippen LogP contribution is 2.35. The van der Waals surface area contributed by atoms with E-state index in [2.05, 4.69) is 28.4 Å². The van der Waals surface area contributed by atoms with Gasteiger partial charge in [-0.25, -0.2) is 4.98 Å². The molecule has 0 radical (unpaired) electrons. The third-order valence-corrected chi connectivity index (χ3v) is 4.01. The lowest BCUT2D eigenvalue weighted by molar-refractivity contribution is 0.549. The monoisotopic (exact) mass is 303 g/mol. The van der Waals surface area contributed by atoms with E-state index in [0.717, 1.165) is 11.4 Å². The molecule has 0 bridgehead atoms. The Balaban J connectivity index is 2.04. The van der Waals surface area contributed by atoms with Crippen LogP contribution in [0.25, 0.3) is 0 Å². The molecule has 1 atom stereocenters. The Morgan fingerprint density at radius 1 is 1.33 bits per heavy atom. The van der Waals surface area contributed by atoms with Crippen LogP contribution in [-0.4, -0.2) is 22.1 Å². The van der Waals surface area contributed by atoms with Gasteiger partial charge in [0.15, 0.2) is 5.96 Å². The molecule has 1 aliphatic heterocycles. The van der Waals surface area contributed by atoms with Crippen LogP contribution in [0.4, 0.5) is 5.69 Å². The predicted octanol–water partition coefficient (Wildman–Crippen LogP) is 2.99. The number of rotatable bonds is 3. The maximum atomic E-state index is 6.32. The molecule has 6 heteroatoms. The zero-order valence-electron chi connectivity index (χ0n) is 12.1. The van der Waals surface area contributed by atoms with Crippen LogP contribution in [0.1, 0.15) is 31.6 Å². The van der Waals surface area contributed by atoms with Crippen LogP contribution in [0.3, 0.4) is 0 Å². The van der Waals surface area contributed by atoms with Crippen LogP contribution in [0.2, 0.25) is 5.02 Å². The van der Waals surface area contributed by atoms with E-state index in [0.29, 0.717) is 23.6 Å². The minimum Gasteiger partial charge on any atom is -0.369 e. The molecule has 1 unspecified atom stereocenters. The van der Waals surface area contributed by atoms with Crippen LogP contribution < -0.4 is 10.6 Å². The molecule has 1 aliphatic rings. The number of anilines is 1. The van der Waals surface area contributed by atoms with E-state index in [4.69, 9.17) is 17.3 Å². The molecular weight excluding hydrogens is 286 g/mol. The number of aliphatic imine (C=N–C) groups is 1. The Bertz CT molecular complexity index is 676. The van der Waals surface area contributed by atoms with Crippen molar-refractivity contribution in [3.63, 3.8) is 0 Å². The number of aromatic nitrogens is 2. The lowest BCUT2D eigenvalue weighted by Crippen LogP contribution is -2.37. The molecule has 21 heavy (non-hydrogen) atoms. The van der Waals surface area contributed by atoms with Crippen molar-refractivity contribution in [3.05, 3.63) is 47.5 Å². The second-order valence-corrected chi connectivity index (χ2v) is 5.76. The Hall–Kier alpha value is -2.01. The van der Waals surface area contributed by atoms with Gasteiger partial charge in [0.2, 0.25) is 0 Å². The van der Waals surface area contributed by atoms with E-state index >= 15 is 0 Å². The first kappa shape index (κ1) is 13.9. The minimum atomic E-state index is 0.0230. The van der Waals surface area contributed by atoms with E-state index in [1.165, 1.54) is 0 Å². The van der Waals surface area contributed by atoms with Gasteiger partial charge in [0.05, 0.1) is 41.5 Å². The molecule has 2 N–H and O–H groups in total. The zero-order chi connectivity index (χ0) is 15.0. The normalized spacial score (nSPS) is 18.4. The van der Waals surface area contributed by atoms with Crippen LogP contribution in [0, 0.1) is 0 Å². The van der Waals surface area contributed by atoms with E-state index < -0.39 is 0 Å². The maximum absolute atomic E-state index is 6.32. The molecular formula is C15H18ClN5. The number of nitrogens with two attached hydrogens (primary N) is 1. The summed E-state index contributed by atoms with van der Waals surface area (Å²) in [6.07, 6.45) is 3.72. The SMILES string of the molecule is CC(C)n1cncc1C1CN=C(N)N1c1ccccc1Cl. The molecule has 110 valence electrons. The third-order valence-electron chi connectivity index (χ3n) is 3.69. The van der Waals surface area contributed by atoms with Crippen molar-refractivity contribution in [1.82, 2.24) is 9.55 Å². The van der Waals surface area contributed by atoms with E-state index in [1.54, 1.807) is 0 Å². The topological polar surface area (TPSA) is 59.4 Å². The average Bonchev–Trinajstić information content (AvgIpc) is 3.06. The molecule has 2 aromatic rings. The van der Waals surface area contributed by atoms with Crippen molar-refractivity contribution in [2.24, 2.45) is 10.7 Å². The number of guanidine groups is 1. The van der Waals surface area contributed by atoms with Crippen molar-refractivity contribution < 1.29 is 0 Å². The summed E-state index contributed by atoms with van der Waals surface area (Å²) >= 11 is 6.32. The molecule has 1 aromatic carbocycles. The summed E-state index contributed by atoms with van der Waals surface area (Å²) in [7, 11) is 0. The van der Waals surface area contributed by atoms with Crippen LogP contribution in [-0.2, 0) is 0 Å². The minimum absolute atomic E-state index is 0.0230. The van der Waals surface area contributed by atoms with Gasteiger partial charge in [-0.3, -0.25) is 4.99 Å². The van der Waals surface area contributed by atoms with Gasteiger partial charge in [0.25, 0.3) is 0 Å². The van der Waals surface area contributed by atoms with E-state index in [-0.39, 0.29) is 6.04 Å². The van der Waals surface area contributed by atoms with Crippen molar-refractivity contribution >= 4 is 23.2 Å². The van der Waals surface area contributed by atoms with Crippen molar-refractivity contribution in [3.8, 4) is 0 Å². The summed E-state index contributed by atoms with van der Waals surface area (Å²) in [5.74, 6) is 0.490. The fourth-order valence-corrected chi connectivity index (χ4v) is 2.89. The van der Waals surface area contributed by atoms with Gasteiger partial charge < -0.3 is 15.2 Å². The second-order valence-electron chi connectivity index (χ2n) is 5.36. The Morgan fingerprint density at radius 2 is 2.10 bits per heavy atom. The number of para-hydroxylation sites is 1. The van der Waals surface area contributed by atoms with Crippen molar-refractivity contribution in [1.29, 1.82) is 0 Å². The summed E-state index contributed by atoms with van der Waals surface area (Å²) in [6, 6.07) is 8.03. The van der Waals surface area contributed by atoms with Crippen LogP contribution >= 0.6 is 11.6 Å². The van der Waals surface area contributed by atoms with Gasteiger partial charge in [-0.1, -0.05) is 23.7 Å². The molecule has 0 spiro atoms. The van der Waals surface area contributed by atoms with Crippen LogP contribution in [0.15, 0.2) is 41.8 Å². The quantitative estimate of drug-likeness (QED) is 0.948. The van der Waals surface area contributed by atoms with Gasteiger partial charge in [-0.15, -0.1) is 0 Å². The molecule has 0 fully saturated rings. The lowest BCUT2D eigenvalue weighted by Gasteiger charge is -2.28. The number of hydrogen-bond acceptors (Lipinski definition) is 4. The van der Waals surface area contributed by atoms with Crippen molar-refractivity contribution in [2.45, 2.75) is 25.9 Å². The number of nitrogens with zero attached hydrogens (tertiary/aromatic N) is 4. The summed E-state index contributed by atoms with van der Waals surface area (Å²) < 4.78 is 2.14. The number of hydrogen-bond donors (Lipinski definition) is 1. The van der Waals surface area contributed by atoms with Gasteiger partial charge in [-0.05, 0) is 26.0 Å². The summed E-state index contributed by atoms with van der Waals surface area (Å²) in [5.41, 5.74) is 8.06. The standard InChI is InChI=1S/C15H18ClN5/c1-10(2)20-9-18-7-13(20)14-8-19-15(17)21(14)12-6-4-3-5-11(12)16/h3-7,9-10,14H,8H2,1-2H3,(H2,17,19). The number of benzene rings is 1. The number of imidazole rings is 1.